The van der Waals surface area contributed by atoms with Crippen molar-refractivity contribution in [2.24, 2.45) is 5.92 Å². The maximum Gasteiger partial charge on any atom is 0.334 e. The summed E-state index contributed by atoms with van der Waals surface area (Å²) in [5, 5.41) is 9.12. The molecule has 1 atom stereocenters. The summed E-state index contributed by atoms with van der Waals surface area (Å²) in [6.07, 6.45) is 9.20. The summed E-state index contributed by atoms with van der Waals surface area (Å²) in [7, 11) is 0. The number of aliphatic carboxylic acids is 1. The zero-order valence-corrected chi connectivity index (χ0v) is 15.6. The molecule has 0 aliphatic heterocycles. The van der Waals surface area contributed by atoms with Crippen LogP contribution in [0.15, 0.2) is 60.2 Å². The summed E-state index contributed by atoms with van der Waals surface area (Å²) < 4.78 is 5.28. The average Bonchev–Trinajstić information content (AvgIpc) is 2.64. The first kappa shape index (κ1) is 21.4. The lowest BCUT2D eigenvalue weighted by molar-refractivity contribution is -0.139. The summed E-state index contributed by atoms with van der Waals surface area (Å²) >= 11 is 0. The van der Waals surface area contributed by atoms with Crippen molar-refractivity contribution in [2.45, 2.75) is 39.5 Å². The summed E-state index contributed by atoms with van der Waals surface area (Å²) in [6.45, 7) is 7.80. The molecule has 0 spiro atoms. The van der Waals surface area contributed by atoms with Crippen molar-refractivity contribution in [2.75, 3.05) is 6.61 Å². The largest absolute Gasteiger partial charge is 0.478 e. The topological polar surface area (TPSA) is 63.6 Å². The van der Waals surface area contributed by atoms with Gasteiger partial charge in [-0.25, -0.2) is 9.59 Å². The van der Waals surface area contributed by atoms with Crippen LogP contribution in [0.3, 0.4) is 0 Å². The molecule has 4 heteroatoms. The molecular weight excluding hydrogens is 328 g/mol. The Bertz CT molecular complexity index is 656. The maximum absolute atomic E-state index is 12.2. The van der Waals surface area contributed by atoms with Gasteiger partial charge in [0.1, 0.15) is 0 Å². The van der Waals surface area contributed by atoms with E-state index in [2.05, 4.69) is 13.5 Å². The minimum Gasteiger partial charge on any atom is -0.478 e. The van der Waals surface area contributed by atoms with Gasteiger partial charge in [-0.2, -0.15) is 0 Å². The lowest BCUT2D eigenvalue weighted by Gasteiger charge is -2.13. The van der Waals surface area contributed by atoms with Crippen LogP contribution in [-0.4, -0.2) is 23.7 Å². The lowest BCUT2D eigenvalue weighted by atomic mass is 9.96. The number of unbranched alkanes of at least 4 members (excludes halogenated alkanes) is 3. The van der Waals surface area contributed by atoms with Gasteiger partial charge in [0.25, 0.3) is 0 Å². The SMILES string of the molecule is C=C(C(=O)OCCCCCC)C(C=Cc1ccccc1)C=C(C)C(=O)O. The Balaban J connectivity index is 2.81. The van der Waals surface area contributed by atoms with E-state index < -0.39 is 17.9 Å². The first-order valence-corrected chi connectivity index (χ1v) is 8.96. The van der Waals surface area contributed by atoms with E-state index in [0.29, 0.717) is 6.61 Å². The third-order valence-corrected chi connectivity index (χ3v) is 3.96. The Morgan fingerprint density at radius 1 is 1.19 bits per heavy atom. The van der Waals surface area contributed by atoms with E-state index in [4.69, 9.17) is 9.84 Å². The third kappa shape index (κ3) is 7.97. The van der Waals surface area contributed by atoms with Gasteiger partial charge in [0.2, 0.25) is 0 Å². The van der Waals surface area contributed by atoms with Gasteiger partial charge in [0, 0.05) is 17.1 Å². The molecule has 0 bridgehead atoms. The van der Waals surface area contributed by atoms with Crippen molar-refractivity contribution >= 4 is 18.0 Å². The van der Waals surface area contributed by atoms with Crippen molar-refractivity contribution in [1.29, 1.82) is 0 Å². The Labute approximate surface area is 155 Å². The van der Waals surface area contributed by atoms with Gasteiger partial charge >= 0.3 is 11.9 Å². The monoisotopic (exact) mass is 356 g/mol. The van der Waals surface area contributed by atoms with Gasteiger partial charge in [-0.3, -0.25) is 0 Å². The number of carbonyl (C=O) groups excluding carboxylic acids is 1. The second-order valence-corrected chi connectivity index (χ2v) is 6.17. The Hall–Kier alpha value is -2.62. The minimum atomic E-state index is -1.02. The van der Waals surface area contributed by atoms with E-state index in [1.807, 2.05) is 36.4 Å². The minimum absolute atomic E-state index is 0.157. The molecule has 0 saturated carbocycles. The number of rotatable bonds is 11. The second-order valence-electron chi connectivity index (χ2n) is 6.17. The Morgan fingerprint density at radius 3 is 2.50 bits per heavy atom. The van der Waals surface area contributed by atoms with Crippen molar-refractivity contribution in [1.82, 2.24) is 0 Å². The predicted octanol–water partition coefficient (Wildman–Crippen LogP) is 5.03. The van der Waals surface area contributed by atoms with Gasteiger partial charge in [-0.1, -0.05) is 81.3 Å². The van der Waals surface area contributed by atoms with E-state index >= 15 is 0 Å². The zero-order valence-electron chi connectivity index (χ0n) is 15.6. The fourth-order valence-electron chi connectivity index (χ4n) is 2.31. The highest BCUT2D eigenvalue weighted by atomic mass is 16.5. The van der Waals surface area contributed by atoms with Crippen LogP contribution in [0.1, 0.15) is 45.1 Å². The number of hydrogen-bond donors (Lipinski definition) is 1. The molecule has 1 aromatic carbocycles. The van der Waals surface area contributed by atoms with Crippen LogP contribution in [0.25, 0.3) is 6.08 Å². The van der Waals surface area contributed by atoms with Crippen LogP contribution in [0, 0.1) is 5.92 Å². The molecule has 4 nitrogen and oxygen atoms in total. The van der Waals surface area contributed by atoms with E-state index in [1.54, 1.807) is 6.08 Å². The second kappa shape index (κ2) is 11.9. The number of allylic oxidation sites excluding steroid dienone is 2. The molecule has 0 heterocycles. The van der Waals surface area contributed by atoms with Crippen molar-refractivity contribution in [3.05, 3.63) is 65.8 Å². The summed E-state index contributed by atoms with van der Waals surface area (Å²) in [5.74, 6) is -2.04. The van der Waals surface area contributed by atoms with Gasteiger partial charge in [0.15, 0.2) is 0 Å². The fraction of sp³-hybridized carbons (Fsp3) is 0.364. The molecule has 1 N–H and O–H groups in total. The van der Waals surface area contributed by atoms with Gasteiger partial charge in [-0.15, -0.1) is 0 Å². The molecule has 0 aliphatic carbocycles. The normalized spacial score (nSPS) is 12.8. The summed E-state index contributed by atoms with van der Waals surface area (Å²) in [6, 6.07) is 9.59. The van der Waals surface area contributed by atoms with Gasteiger partial charge in [-0.05, 0) is 18.9 Å². The van der Waals surface area contributed by atoms with Crippen molar-refractivity contribution in [3.8, 4) is 0 Å². The molecule has 1 aromatic rings. The summed E-state index contributed by atoms with van der Waals surface area (Å²) in [4.78, 5) is 23.4. The molecule has 0 radical (unpaired) electrons. The average molecular weight is 356 g/mol. The molecule has 0 aliphatic rings. The molecule has 1 rings (SSSR count). The number of hydrogen-bond acceptors (Lipinski definition) is 3. The number of carbonyl (C=O) groups is 2. The van der Waals surface area contributed by atoms with Crippen LogP contribution >= 0.6 is 0 Å². The van der Waals surface area contributed by atoms with Crippen molar-refractivity contribution in [3.63, 3.8) is 0 Å². The number of esters is 1. The first-order valence-electron chi connectivity index (χ1n) is 8.96. The first-order chi connectivity index (χ1) is 12.5. The van der Waals surface area contributed by atoms with Crippen LogP contribution in [0.5, 0.6) is 0 Å². The van der Waals surface area contributed by atoms with Crippen LogP contribution in [0.4, 0.5) is 0 Å². The molecule has 0 aromatic heterocycles. The van der Waals surface area contributed by atoms with Gasteiger partial charge < -0.3 is 9.84 Å². The highest BCUT2D eigenvalue weighted by molar-refractivity contribution is 5.91. The molecule has 0 fully saturated rings. The van der Waals surface area contributed by atoms with E-state index in [0.717, 1.165) is 31.2 Å². The molecule has 0 amide bonds. The van der Waals surface area contributed by atoms with Gasteiger partial charge in [0.05, 0.1) is 6.61 Å². The Morgan fingerprint density at radius 2 is 1.88 bits per heavy atom. The molecular formula is C22H28O4. The number of carboxylic acid groups (broad SMARTS) is 1. The lowest BCUT2D eigenvalue weighted by Crippen LogP contribution is -2.14. The van der Waals surface area contributed by atoms with Crippen LogP contribution in [0.2, 0.25) is 0 Å². The maximum atomic E-state index is 12.2. The quantitative estimate of drug-likeness (QED) is 0.343. The van der Waals surface area contributed by atoms with E-state index in [1.165, 1.54) is 13.0 Å². The zero-order chi connectivity index (χ0) is 19.4. The number of carboxylic acids is 1. The highest BCUT2D eigenvalue weighted by Gasteiger charge is 2.17. The molecule has 140 valence electrons. The van der Waals surface area contributed by atoms with Crippen LogP contribution in [-0.2, 0) is 14.3 Å². The summed E-state index contributed by atoms with van der Waals surface area (Å²) in [5.41, 5.74) is 1.34. The smallest absolute Gasteiger partial charge is 0.334 e. The van der Waals surface area contributed by atoms with E-state index in [9.17, 15) is 9.59 Å². The number of benzene rings is 1. The molecule has 1 unspecified atom stereocenters. The predicted molar refractivity (Wildman–Crippen MR) is 105 cm³/mol. The highest BCUT2D eigenvalue weighted by Crippen LogP contribution is 2.19. The third-order valence-electron chi connectivity index (χ3n) is 3.96. The molecule has 26 heavy (non-hydrogen) atoms. The Kier molecular flexibility index (Phi) is 9.77. The van der Waals surface area contributed by atoms with Crippen molar-refractivity contribution < 1.29 is 19.4 Å². The van der Waals surface area contributed by atoms with E-state index in [-0.39, 0.29) is 11.1 Å². The van der Waals surface area contributed by atoms with Crippen LogP contribution < -0.4 is 0 Å². The fourth-order valence-corrected chi connectivity index (χ4v) is 2.31. The number of ether oxygens (including phenoxy) is 1. The molecule has 0 saturated heterocycles. The standard InChI is InChI=1S/C22H28O4/c1-4-5-6-10-15-26-22(25)18(3)20(16-17(2)21(23)24)14-13-19-11-8-7-9-12-19/h7-9,11-14,16,20H,3-6,10,15H2,1-2H3,(H,23,24).